The predicted molar refractivity (Wildman–Crippen MR) is 229 cm³/mol. The van der Waals surface area contributed by atoms with Crippen LogP contribution in [0.1, 0.15) is 87.6 Å². The molecule has 0 N–H and O–H groups in total. The van der Waals surface area contributed by atoms with Gasteiger partial charge in [-0.2, -0.15) is 0 Å². The van der Waals surface area contributed by atoms with Crippen molar-refractivity contribution >= 4 is 39.7 Å². The topological polar surface area (TPSA) is 51.8 Å². The van der Waals surface area contributed by atoms with Crippen LogP contribution in [0.25, 0.3) is 55.8 Å². The molecule has 285 valence electrons. The Balaban J connectivity index is 0.000000251. The summed E-state index contributed by atoms with van der Waals surface area (Å²) >= 11 is -2.20. The summed E-state index contributed by atoms with van der Waals surface area (Å²) in [6.07, 6.45) is -1.38. The average Bonchev–Trinajstić information content (AvgIpc) is 3.60. The van der Waals surface area contributed by atoms with Crippen LogP contribution < -0.4 is 4.40 Å². The summed E-state index contributed by atoms with van der Waals surface area (Å²) in [6, 6.07) is 30.6. The van der Waals surface area contributed by atoms with E-state index in [2.05, 4.69) is 72.3 Å². The van der Waals surface area contributed by atoms with Crippen molar-refractivity contribution in [2.45, 2.75) is 96.1 Å². The van der Waals surface area contributed by atoms with E-state index in [4.69, 9.17) is 21.7 Å². The van der Waals surface area contributed by atoms with Crippen molar-refractivity contribution < 1.29 is 36.9 Å². The van der Waals surface area contributed by atoms with Crippen LogP contribution in [-0.2, 0) is 44.6 Å². The number of pyridine rings is 3. The number of fused-ring (bicyclic) bond motifs is 4. The molecule has 1 radical (unpaired) electrons. The van der Waals surface area contributed by atoms with Crippen LogP contribution in [-0.4, -0.2) is 28.2 Å². The largest absolute Gasteiger partial charge is 0 e. The van der Waals surface area contributed by atoms with Crippen molar-refractivity contribution in [3.63, 3.8) is 0 Å². The quantitative estimate of drug-likeness (QED) is 0.123. The SMILES string of the molecule is [2H]C([2H])([2H])c1c[c-]c(-c2cc3c(cn2)C([2H])([2H])CCC3([2H])[2H])c2oc3nc(-c4ccc(C(C)(C)C)cc4)ccc3c12.[2H]C([2H])(c1cc(-c2[c-]cccc2)nc[c]1[Ge]([CH3])([CH3])[CH3])C(C)C.[Ir]. The minimum absolute atomic E-state index is 0. The number of nitrogens with zero attached hydrogens (tertiary/aromatic N) is 3. The third-order valence-electron chi connectivity index (χ3n) is 9.52. The van der Waals surface area contributed by atoms with Crippen LogP contribution in [0.3, 0.4) is 0 Å². The number of benzene rings is 3. The Kier molecular flexibility index (Phi) is 9.18. The molecular weight excluding hydrogens is 911 g/mol. The second-order valence-corrected chi connectivity index (χ2v) is 26.7. The molecule has 6 heteroatoms. The Morgan fingerprint density at radius 3 is 2.31 bits per heavy atom. The summed E-state index contributed by atoms with van der Waals surface area (Å²) in [5.74, 6) is 6.77. The Morgan fingerprint density at radius 1 is 0.891 bits per heavy atom. The molecule has 0 atom stereocenters. The number of furan rings is 1. The Labute approximate surface area is 357 Å². The third-order valence-corrected chi connectivity index (χ3v) is 13.7. The van der Waals surface area contributed by atoms with Gasteiger partial charge in [0, 0.05) is 46.8 Å². The van der Waals surface area contributed by atoms with Gasteiger partial charge in [-0.1, -0.05) is 74.5 Å². The van der Waals surface area contributed by atoms with E-state index in [9.17, 15) is 0 Å². The molecule has 0 spiro atoms. The maximum atomic E-state index is 8.56. The predicted octanol–water partition coefficient (Wildman–Crippen LogP) is 12.3. The maximum absolute atomic E-state index is 8.56. The van der Waals surface area contributed by atoms with E-state index in [0.29, 0.717) is 27.7 Å². The second kappa shape index (κ2) is 16.7. The van der Waals surface area contributed by atoms with E-state index in [1.807, 2.05) is 74.6 Å². The maximum Gasteiger partial charge on any atom is 0 e. The molecule has 4 nitrogen and oxygen atoms in total. The smallest absolute Gasteiger partial charge is 0 e. The van der Waals surface area contributed by atoms with Crippen LogP contribution >= 0.6 is 0 Å². The van der Waals surface area contributed by atoms with Gasteiger partial charge in [0.25, 0.3) is 0 Å². The molecule has 1 aliphatic carbocycles. The van der Waals surface area contributed by atoms with Crippen LogP contribution in [0.15, 0.2) is 95.7 Å². The fourth-order valence-corrected chi connectivity index (χ4v) is 9.60. The van der Waals surface area contributed by atoms with Crippen molar-refractivity contribution in [2.24, 2.45) is 5.92 Å². The molecule has 0 saturated carbocycles. The molecular formula is C49H53GeIrN3O-2. The number of rotatable bonds is 6. The van der Waals surface area contributed by atoms with Gasteiger partial charge in [-0.15, -0.1) is 17.7 Å². The molecule has 0 aliphatic heterocycles. The van der Waals surface area contributed by atoms with Crippen molar-refractivity contribution in [1.29, 1.82) is 0 Å². The van der Waals surface area contributed by atoms with Gasteiger partial charge < -0.3 is 9.40 Å². The summed E-state index contributed by atoms with van der Waals surface area (Å²) in [4.78, 5) is 13.8. The molecule has 8 rings (SSSR count). The first kappa shape index (κ1) is 30.3. The van der Waals surface area contributed by atoms with E-state index in [1.54, 1.807) is 0 Å². The number of aryl methyl sites for hydroxylation is 3. The number of hydrogen-bond acceptors (Lipinski definition) is 4. The zero-order valence-corrected chi connectivity index (χ0v) is 37.2. The fourth-order valence-electron chi connectivity index (χ4n) is 6.65. The zero-order valence-electron chi connectivity index (χ0n) is 41.7. The van der Waals surface area contributed by atoms with Crippen molar-refractivity contribution in [1.82, 2.24) is 15.0 Å². The Hall–Kier alpha value is -3.90. The van der Waals surface area contributed by atoms with E-state index in [-0.39, 0.29) is 72.3 Å². The van der Waals surface area contributed by atoms with Crippen LogP contribution in [0.5, 0.6) is 0 Å². The minimum atomic E-state index is -2.44. The van der Waals surface area contributed by atoms with Crippen LogP contribution in [0.4, 0.5) is 0 Å². The molecule has 0 fully saturated rings. The molecule has 0 amide bonds. The van der Waals surface area contributed by atoms with Gasteiger partial charge in [0.15, 0.2) is 0 Å². The number of aromatic nitrogens is 3. The van der Waals surface area contributed by atoms with E-state index >= 15 is 0 Å². The van der Waals surface area contributed by atoms with Gasteiger partial charge in [0.1, 0.15) is 0 Å². The standard InChI is InChI=1S/C31H29N2O.C18H24GeN.Ir/c1-19-9-14-24(27-17-21-7-5-6-8-22(21)18-32-27)29-28(19)25-15-16-26(33-30(25)34-29)20-10-12-23(13-11-20)31(2,3)4;1-14(2)11-16-12-18(15-9-7-6-8-10-15)20-13-17(16)19(3,4)5;/h9-13,15-18H,5-8H2,1-4H3;6-9,12-14H,11H2,1-5H3;/q2*-1;/i1D3,7D2,8D2;11D2;. The van der Waals surface area contributed by atoms with Gasteiger partial charge in [-0.25, -0.2) is 4.98 Å². The molecule has 4 aromatic heterocycles. The first-order chi connectivity index (χ1) is 29.2. The van der Waals surface area contributed by atoms with Crippen molar-refractivity contribution in [3.05, 3.63) is 131 Å². The van der Waals surface area contributed by atoms with Crippen LogP contribution in [0.2, 0.25) is 17.3 Å². The molecule has 55 heavy (non-hydrogen) atoms. The first-order valence-electron chi connectivity index (χ1n) is 23.1. The summed E-state index contributed by atoms with van der Waals surface area (Å²) in [6.45, 7) is 7.89. The fraction of sp³-hybridized carbons (Fsp3) is 0.327. The summed E-state index contributed by atoms with van der Waals surface area (Å²) < 4.78 is 82.7. The molecule has 0 bridgehead atoms. The average molecular weight is 974 g/mol. The van der Waals surface area contributed by atoms with Crippen molar-refractivity contribution in [2.75, 3.05) is 0 Å². The second-order valence-electron chi connectivity index (χ2n) is 16.2. The Morgan fingerprint density at radius 2 is 1.64 bits per heavy atom. The minimum Gasteiger partial charge on any atom is 0 e. The van der Waals surface area contributed by atoms with Gasteiger partial charge in [0.05, 0.1) is 11.3 Å². The molecule has 4 heterocycles. The van der Waals surface area contributed by atoms with Gasteiger partial charge in [-0.05, 0) is 60.0 Å². The monoisotopic (exact) mass is 975 g/mol. The summed E-state index contributed by atoms with van der Waals surface area (Å²) in [5.41, 5.74) is 7.06. The molecule has 1 aliphatic rings. The summed E-state index contributed by atoms with van der Waals surface area (Å²) in [5, 5.41) is 0.926. The molecule has 0 unspecified atom stereocenters. The molecule has 3 aromatic carbocycles. The molecule has 7 aromatic rings. The zero-order chi connectivity index (χ0) is 46.1. The van der Waals surface area contributed by atoms with Gasteiger partial charge in [0.2, 0.25) is 5.71 Å². The number of hydrogen-bond donors (Lipinski definition) is 0. The first-order valence-corrected chi connectivity index (χ1v) is 25.9. The third kappa shape index (κ3) is 9.06. The van der Waals surface area contributed by atoms with E-state index in [1.165, 1.54) is 23.9 Å². The van der Waals surface area contributed by atoms with E-state index < -0.39 is 39.2 Å². The normalized spacial score (nSPS) is 17.7. The van der Waals surface area contributed by atoms with Crippen LogP contribution in [0, 0.1) is 24.9 Å². The van der Waals surface area contributed by atoms with Gasteiger partial charge in [-0.3, -0.25) is 0 Å². The van der Waals surface area contributed by atoms with Crippen molar-refractivity contribution in [3.8, 4) is 33.8 Å². The summed E-state index contributed by atoms with van der Waals surface area (Å²) in [7, 11) is 0. The van der Waals surface area contributed by atoms with Gasteiger partial charge >= 0.3 is 128 Å². The van der Waals surface area contributed by atoms with E-state index in [0.717, 1.165) is 26.8 Å². The molecule has 0 saturated heterocycles. The Bertz CT molecular complexity index is 2810.